The van der Waals surface area contributed by atoms with E-state index >= 15 is 0 Å². The maximum Gasteiger partial charge on any atom is 0.253 e. The molecule has 5 N–H and O–H groups in total. The lowest BCUT2D eigenvalue weighted by molar-refractivity contribution is 0.0953. The number of halogens is 1. The lowest BCUT2D eigenvalue weighted by atomic mass is 10.0. The molecule has 1 aromatic heterocycles. The van der Waals surface area contributed by atoms with E-state index in [0.29, 0.717) is 11.3 Å². The normalized spacial score (nSPS) is 12.2. The Morgan fingerprint density at radius 2 is 2.29 bits per heavy atom. The number of aromatic nitrogens is 1. The van der Waals surface area contributed by atoms with Gasteiger partial charge < -0.3 is 20.8 Å². The van der Waals surface area contributed by atoms with Gasteiger partial charge in [0.05, 0.1) is 17.8 Å². The highest BCUT2D eigenvalue weighted by molar-refractivity contribution is 5.94. The van der Waals surface area contributed by atoms with E-state index in [2.05, 4.69) is 16.9 Å². The van der Waals surface area contributed by atoms with E-state index < -0.39 is 17.6 Å². The Labute approximate surface area is 139 Å². The van der Waals surface area contributed by atoms with Gasteiger partial charge in [-0.05, 0) is 30.2 Å². The number of carbonyl (C=O) groups excluding carboxylic acids is 1. The van der Waals surface area contributed by atoms with Gasteiger partial charge >= 0.3 is 0 Å². The number of nitrogens with one attached hydrogen (secondary N) is 2. The van der Waals surface area contributed by atoms with Crippen LogP contribution in [0.4, 0.5) is 4.39 Å². The summed E-state index contributed by atoms with van der Waals surface area (Å²) < 4.78 is 13.3. The molecule has 1 heterocycles. The molecular weight excluding hydrogens is 313 g/mol. The molecule has 1 aromatic rings. The van der Waals surface area contributed by atoms with Gasteiger partial charge in [0.1, 0.15) is 0 Å². The highest BCUT2D eigenvalue weighted by atomic mass is 19.1. The molecule has 0 aromatic carbocycles. The van der Waals surface area contributed by atoms with Crippen LogP contribution in [0.15, 0.2) is 47.8 Å². The number of nitrogens with two attached hydrogens (primary N) is 1. The van der Waals surface area contributed by atoms with Crippen LogP contribution < -0.4 is 11.2 Å². The number of likely N-dealkylation sites (N-methyl/N-ethyl adjacent to an activating group) is 1. The van der Waals surface area contributed by atoms with Crippen LogP contribution in [-0.4, -0.2) is 40.8 Å². The summed E-state index contributed by atoms with van der Waals surface area (Å²) in [6.45, 7) is 5.56. The fraction of sp³-hybridized carbons (Fsp3) is 0.188. The summed E-state index contributed by atoms with van der Waals surface area (Å²) in [6, 6.07) is 0.891. The van der Waals surface area contributed by atoms with Crippen molar-refractivity contribution in [1.29, 1.82) is 5.41 Å². The van der Waals surface area contributed by atoms with Crippen LogP contribution in [0.25, 0.3) is 0 Å². The fourth-order valence-corrected chi connectivity index (χ4v) is 1.95. The molecule has 0 aliphatic rings. The van der Waals surface area contributed by atoms with E-state index in [4.69, 9.17) is 16.4 Å². The molecule has 0 spiro atoms. The van der Waals surface area contributed by atoms with Crippen LogP contribution >= 0.6 is 0 Å². The summed E-state index contributed by atoms with van der Waals surface area (Å²) in [6.07, 6.45) is 5.35. The minimum Gasteiger partial charge on any atom is -0.491 e. The summed E-state index contributed by atoms with van der Waals surface area (Å²) >= 11 is 0. The molecule has 7 nitrogen and oxygen atoms in total. The lowest BCUT2D eigenvalue weighted by Crippen LogP contribution is -2.35. The zero-order valence-electron chi connectivity index (χ0n) is 13.5. The number of allylic oxidation sites excluding steroid dienone is 4. The number of rotatable bonds is 7. The van der Waals surface area contributed by atoms with Crippen molar-refractivity contribution in [3.8, 4) is 5.88 Å². The molecule has 0 atom stereocenters. The van der Waals surface area contributed by atoms with Crippen LogP contribution in [0.2, 0.25) is 0 Å². The minimum absolute atomic E-state index is 0.0313. The van der Waals surface area contributed by atoms with Gasteiger partial charge in [-0.15, -0.1) is 0 Å². The van der Waals surface area contributed by atoms with Gasteiger partial charge in [-0.2, -0.15) is 0 Å². The molecule has 0 radical (unpaired) electrons. The smallest absolute Gasteiger partial charge is 0.253 e. The Balaban J connectivity index is 3.03. The van der Waals surface area contributed by atoms with Crippen LogP contribution in [0.5, 0.6) is 5.88 Å². The van der Waals surface area contributed by atoms with Crippen molar-refractivity contribution in [1.82, 2.24) is 15.3 Å². The van der Waals surface area contributed by atoms with E-state index in [0.717, 1.165) is 24.1 Å². The molecule has 0 aliphatic carbocycles. The second-order valence-corrected chi connectivity index (χ2v) is 4.90. The second kappa shape index (κ2) is 8.59. The monoisotopic (exact) mass is 333 g/mol. The van der Waals surface area contributed by atoms with Crippen molar-refractivity contribution in [2.75, 3.05) is 13.6 Å². The lowest BCUT2D eigenvalue weighted by Gasteiger charge is -2.21. The number of hydrazine groups is 1. The number of carbonyl (C=O) groups is 1. The Morgan fingerprint density at radius 3 is 2.79 bits per heavy atom. The SMILES string of the molecule is C=CC(/C(C)=C\C=N)=C(/CNC(=O)c1cnc(O)c(F)c1)N(C)N. The molecule has 0 bridgehead atoms. The molecule has 8 heteroatoms. The first kappa shape index (κ1) is 19.0. The van der Waals surface area contributed by atoms with Gasteiger partial charge in [-0.1, -0.05) is 12.7 Å². The van der Waals surface area contributed by atoms with Crippen molar-refractivity contribution in [2.45, 2.75) is 6.92 Å². The minimum atomic E-state index is -0.981. The van der Waals surface area contributed by atoms with Crippen LogP contribution in [0.3, 0.4) is 0 Å². The average molecular weight is 333 g/mol. The highest BCUT2D eigenvalue weighted by Gasteiger charge is 2.14. The zero-order chi connectivity index (χ0) is 18.3. The predicted molar refractivity (Wildman–Crippen MR) is 89.9 cm³/mol. The van der Waals surface area contributed by atoms with E-state index in [9.17, 15) is 9.18 Å². The third-order valence-electron chi connectivity index (χ3n) is 3.20. The third-order valence-corrected chi connectivity index (χ3v) is 3.20. The molecule has 0 saturated carbocycles. The van der Waals surface area contributed by atoms with Gasteiger partial charge in [-0.25, -0.2) is 15.2 Å². The molecule has 128 valence electrons. The predicted octanol–water partition coefficient (Wildman–Crippen LogP) is 1.50. The number of pyridine rings is 1. The highest BCUT2D eigenvalue weighted by Crippen LogP contribution is 2.17. The standard InChI is InChI=1S/C16H20FN5O2/c1-4-12(10(2)5-6-18)14(22(3)19)9-21-15(23)11-7-13(17)16(24)20-8-11/h4-8,18H,1,9,19H2,2-3H3,(H,20,24)(H,21,23)/b10-5-,14-12+,18-6?. The average Bonchev–Trinajstić information content (AvgIpc) is 2.53. The van der Waals surface area contributed by atoms with E-state index in [1.165, 1.54) is 5.01 Å². The third kappa shape index (κ3) is 4.75. The van der Waals surface area contributed by atoms with Crippen molar-refractivity contribution >= 4 is 12.1 Å². The quantitative estimate of drug-likeness (QED) is 0.261. The fourth-order valence-electron chi connectivity index (χ4n) is 1.95. The first-order valence-electron chi connectivity index (χ1n) is 6.96. The topological polar surface area (TPSA) is 115 Å². The van der Waals surface area contributed by atoms with Crippen molar-refractivity contribution in [3.05, 3.63) is 59.2 Å². The van der Waals surface area contributed by atoms with Gasteiger partial charge in [0, 0.05) is 19.5 Å². The summed E-state index contributed by atoms with van der Waals surface area (Å²) in [7, 11) is 1.60. The number of aromatic hydroxyl groups is 1. The number of hydrogen-bond acceptors (Lipinski definition) is 6. The van der Waals surface area contributed by atoms with E-state index in [1.54, 1.807) is 26.1 Å². The number of hydrogen-bond donors (Lipinski definition) is 4. The summed E-state index contributed by atoms with van der Waals surface area (Å²) in [5, 5.41) is 20.1. The molecule has 1 amide bonds. The maximum absolute atomic E-state index is 13.3. The Bertz CT molecular complexity index is 710. The second-order valence-electron chi connectivity index (χ2n) is 4.90. The van der Waals surface area contributed by atoms with Crippen molar-refractivity contribution < 1.29 is 14.3 Å². The van der Waals surface area contributed by atoms with Gasteiger partial charge in [0.2, 0.25) is 5.88 Å². The summed E-state index contributed by atoms with van der Waals surface area (Å²) in [4.78, 5) is 15.5. The Kier molecular flexibility index (Phi) is 6.81. The first-order valence-corrected chi connectivity index (χ1v) is 6.96. The zero-order valence-corrected chi connectivity index (χ0v) is 13.5. The van der Waals surface area contributed by atoms with Crippen LogP contribution in [0.1, 0.15) is 17.3 Å². The van der Waals surface area contributed by atoms with Crippen LogP contribution in [-0.2, 0) is 0 Å². The molecule has 0 fully saturated rings. The summed E-state index contributed by atoms with van der Waals surface area (Å²) in [5.74, 6) is 3.48. The molecule has 0 unspecified atom stereocenters. The number of amides is 1. The molecule has 0 aliphatic heterocycles. The van der Waals surface area contributed by atoms with Gasteiger partial charge in [0.25, 0.3) is 5.91 Å². The van der Waals surface area contributed by atoms with Crippen LogP contribution in [0, 0.1) is 11.2 Å². The Morgan fingerprint density at radius 1 is 1.62 bits per heavy atom. The van der Waals surface area contributed by atoms with E-state index in [1.807, 2.05) is 0 Å². The summed E-state index contributed by atoms with van der Waals surface area (Å²) in [5.41, 5.74) is 1.94. The molecular formula is C16H20FN5O2. The van der Waals surface area contributed by atoms with E-state index in [-0.39, 0.29) is 12.1 Å². The Hall–Kier alpha value is -3.00. The molecule has 1 rings (SSSR count). The molecule has 0 saturated heterocycles. The first-order chi connectivity index (χ1) is 11.3. The van der Waals surface area contributed by atoms with Gasteiger partial charge in [0.15, 0.2) is 5.82 Å². The van der Waals surface area contributed by atoms with Crippen molar-refractivity contribution in [3.63, 3.8) is 0 Å². The van der Waals surface area contributed by atoms with Gasteiger partial charge in [-0.3, -0.25) is 4.79 Å². The maximum atomic E-state index is 13.3. The molecule has 24 heavy (non-hydrogen) atoms. The van der Waals surface area contributed by atoms with Crippen molar-refractivity contribution in [2.24, 2.45) is 5.84 Å². The number of nitrogens with zero attached hydrogens (tertiary/aromatic N) is 2. The largest absolute Gasteiger partial charge is 0.491 e.